The molecule has 2 heterocycles. The summed E-state index contributed by atoms with van der Waals surface area (Å²) in [5.41, 5.74) is 2.21. The molecule has 2 aromatic heterocycles. The Morgan fingerprint density at radius 2 is 2.05 bits per heavy atom. The van der Waals surface area contributed by atoms with E-state index in [0.717, 1.165) is 22.7 Å². The SMILES string of the molecule is CC(Nc1cnn(Cc2ccccc2)c1)c1ccc(Br)o1. The van der Waals surface area contributed by atoms with E-state index >= 15 is 0 Å². The predicted octanol–water partition coefficient (Wildman–Crippen LogP) is 4.46. The highest BCUT2D eigenvalue weighted by atomic mass is 79.9. The number of nitrogens with one attached hydrogen (secondary N) is 1. The first-order valence-electron chi connectivity index (χ1n) is 6.79. The molecular formula is C16H16BrN3O. The van der Waals surface area contributed by atoms with Gasteiger partial charge >= 0.3 is 0 Å². The van der Waals surface area contributed by atoms with Crippen LogP contribution in [0.2, 0.25) is 0 Å². The summed E-state index contributed by atoms with van der Waals surface area (Å²) in [5, 5.41) is 7.76. The number of rotatable bonds is 5. The molecule has 0 saturated heterocycles. The molecule has 21 heavy (non-hydrogen) atoms. The molecule has 4 nitrogen and oxygen atoms in total. The first kappa shape index (κ1) is 13.9. The molecule has 5 heteroatoms. The van der Waals surface area contributed by atoms with Crippen LogP contribution in [0.1, 0.15) is 24.3 Å². The van der Waals surface area contributed by atoms with Crippen LogP contribution in [-0.2, 0) is 6.54 Å². The predicted molar refractivity (Wildman–Crippen MR) is 86.2 cm³/mol. The second-order valence-corrected chi connectivity index (χ2v) is 5.70. The summed E-state index contributed by atoms with van der Waals surface area (Å²) in [6, 6.07) is 14.2. The Kier molecular flexibility index (Phi) is 4.10. The Balaban J connectivity index is 1.65. The van der Waals surface area contributed by atoms with Crippen molar-refractivity contribution in [3.05, 3.63) is 70.9 Å². The van der Waals surface area contributed by atoms with Crippen molar-refractivity contribution in [1.29, 1.82) is 0 Å². The molecule has 0 bridgehead atoms. The Labute approximate surface area is 131 Å². The minimum absolute atomic E-state index is 0.0886. The molecule has 0 spiro atoms. The third-order valence-electron chi connectivity index (χ3n) is 3.22. The number of furan rings is 1. The van der Waals surface area contributed by atoms with Crippen LogP contribution >= 0.6 is 15.9 Å². The van der Waals surface area contributed by atoms with Crippen molar-refractivity contribution in [3.8, 4) is 0 Å². The number of hydrogen-bond donors (Lipinski definition) is 1. The number of hydrogen-bond acceptors (Lipinski definition) is 3. The lowest BCUT2D eigenvalue weighted by atomic mass is 10.2. The lowest BCUT2D eigenvalue weighted by Crippen LogP contribution is -2.05. The van der Waals surface area contributed by atoms with Crippen molar-refractivity contribution in [1.82, 2.24) is 9.78 Å². The Morgan fingerprint density at radius 1 is 1.24 bits per heavy atom. The van der Waals surface area contributed by atoms with Crippen LogP contribution in [0.3, 0.4) is 0 Å². The second kappa shape index (κ2) is 6.18. The fraction of sp³-hybridized carbons (Fsp3) is 0.188. The quantitative estimate of drug-likeness (QED) is 0.742. The lowest BCUT2D eigenvalue weighted by Gasteiger charge is -2.10. The van der Waals surface area contributed by atoms with Gasteiger partial charge in [-0.05, 0) is 40.5 Å². The minimum Gasteiger partial charge on any atom is -0.452 e. The van der Waals surface area contributed by atoms with Gasteiger partial charge in [0.15, 0.2) is 4.67 Å². The molecule has 3 aromatic rings. The first-order chi connectivity index (χ1) is 10.2. The minimum atomic E-state index is 0.0886. The van der Waals surface area contributed by atoms with Gasteiger partial charge < -0.3 is 9.73 Å². The molecule has 0 aliphatic rings. The molecule has 1 atom stereocenters. The molecule has 0 radical (unpaired) electrons. The smallest absolute Gasteiger partial charge is 0.169 e. The molecule has 0 aliphatic carbocycles. The van der Waals surface area contributed by atoms with E-state index in [1.807, 2.05) is 47.4 Å². The summed E-state index contributed by atoms with van der Waals surface area (Å²) < 4.78 is 8.21. The summed E-state index contributed by atoms with van der Waals surface area (Å²) in [5.74, 6) is 0.887. The van der Waals surface area contributed by atoms with Crippen LogP contribution in [-0.4, -0.2) is 9.78 Å². The largest absolute Gasteiger partial charge is 0.452 e. The highest BCUT2D eigenvalue weighted by Gasteiger charge is 2.10. The fourth-order valence-electron chi connectivity index (χ4n) is 2.18. The van der Waals surface area contributed by atoms with E-state index in [9.17, 15) is 0 Å². The molecular weight excluding hydrogens is 330 g/mol. The maximum absolute atomic E-state index is 5.55. The van der Waals surface area contributed by atoms with Crippen LogP contribution in [0.15, 0.2) is 63.9 Å². The van der Waals surface area contributed by atoms with E-state index in [2.05, 4.69) is 45.4 Å². The zero-order valence-corrected chi connectivity index (χ0v) is 13.2. The highest BCUT2D eigenvalue weighted by molar-refractivity contribution is 9.10. The highest BCUT2D eigenvalue weighted by Crippen LogP contribution is 2.23. The van der Waals surface area contributed by atoms with Crippen molar-refractivity contribution in [2.24, 2.45) is 0 Å². The molecule has 1 unspecified atom stereocenters. The van der Waals surface area contributed by atoms with Crippen molar-refractivity contribution in [3.63, 3.8) is 0 Å². The molecule has 0 saturated carbocycles. The van der Waals surface area contributed by atoms with Crippen molar-refractivity contribution in [2.45, 2.75) is 19.5 Å². The van der Waals surface area contributed by atoms with Gasteiger partial charge in [0.2, 0.25) is 0 Å². The van der Waals surface area contributed by atoms with E-state index in [0.29, 0.717) is 0 Å². The van der Waals surface area contributed by atoms with E-state index in [1.54, 1.807) is 0 Å². The van der Waals surface area contributed by atoms with E-state index in [1.165, 1.54) is 5.56 Å². The maximum Gasteiger partial charge on any atom is 0.169 e. The standard InChI is InChI=1S/C16H16BrN3O/c1-12(15-7-8-16(17)21-15)19-14-9-18-20(11-14)10-13-5-3-2-4-6-13/h2-9,11-12,19H,10H2,1H3. The summed E-state index contributed by atoms with van der Waals surface area (Å²) >= 11 is 3.32. The first-order valence-corrected chi connectivity index (χ1v) is 7.58. The van der Waals surface area contributed by atoms with E-state index in [-0.39, 0.29) is 6.04 Å². The number of anilines is 1. The summed E-state index contributed by atoms with van der Waals surface area (Å²) in [4.78, 5) is 0. The van der Waals surface area contributed by atoms with Crippen LogP contribution in [0.4, 0.5) is 5.69 Å². The average Bonchev–Trinajstić information content (AvgIpc) is 3.09. The monoisotopic (exact) mass is 345 g/mol. The van der Waals surface area contributed by atoms with Crippen molar-refractivity contribution < 1.29 is 4.42 Å². The third-order valence-corrected chi connectivity index (χ3v) is 3.65. The number of nitrogens with zero attached hydrogens (tertiary/aromatic N) is 2. The van der Waals surface area contributed by atoms with Crippen LogP contribution in [0.25, 0.3) is 0 Å². The number of benzene rings is 1. The van der Waals surface area contributed by atoms with E-state index < -0.39 is 0 Å². The molecule has 1 aromatic carbocycles. The van der Waals surface area contributed by atoms with Crippen LogP contribution < -0.4 is 5.32 Å². The van der Waals surface area contributed by atoms with Crippen molar-refractivity contribution in [2.75, 3.05) is 5.32 Å². The molecule has 0 fully saturated rings. The Bertz CT molecular complexity index is 705. The number of aromatic nitrogens is 2. The normalized spacial score (nSPS) is 12.3. The van der Waals surface area contributed by atoms with Gasteiger partial charge in [-0.2, -0.15) is 5.10 Å². The summed E-state index contributed by atoms with van der Waals surface area (Å²) in [6.07, 6.45) is 3.83. The molecule has 0 aliphatic heterocycles. The fourth-order valence-corrected chi connectivity index (χ4v) is 2.50. The number of halogens is 1. The average molecular weight is 346 g/mol. The van der Waals surface area contributed by atoms with E-state index in [4.69, 9.17) is 4.42 Å². The zero-order valence-electron chi connectivity index (χ0n) is 11.7. The van der Waals surface area contributed by atoms with Crippen LogP contribution in [0, 0.1) is 0 Å². The Morgan fingerprint density at radius 3 is 2.76 bits per heavy atom. The molecule has 0 amide bonds. The maximum atomic E-state index is 5.55. The molecule has 3 rings (SSSR count). The van der Waals surface area contributed by atoms with Gasteiger partial charge in [-0.1, -0.05) is 30.3 Å². The molecule has 1 N–H and O–H groups in total. The summed E-state index contributed by atoms with van der Waals surface area (Å²) in [7, 11) is 0. The van der Waals surface area contributed by atoms with Gasteiger partial charge in [0.25, 0.3) is 0 Å². The lowest BCUT2D eigenvalue weighted by molar-refractivity contribution is 0.471. The van der Waals surface area contributed by atoms with Crippen molar-refractivity contribution >= 4 is 21.6 Å². The third kappa shape index (κ3) is 3.55. The van der Waals surface area contributed by atoms with Gasteiger partial charge in [-0.25, -0.2) is 0 Å². The zero-order chi connectivity index (χ0) is 14.7. The van der Waals surface area contributed by atoms with Gasteiger partial charge in [-0.3, -0.25) is 4.68 Å². The van der Waals surface area contributed by atoms with Gasteiger partial charge in [0.1, 0.15) is 5.76 Å². The Hall–Kier alpha value is -2.01. The second-order valence-electron chi connectivity index (χ2n) is 4.92. The van der Waals surface area contributed by atoms with Gasteiger partial charge in [-0.15, -0.1) is 0 Å². The summed E-state index contributed by atoms with van der Waals surface area (Å²) in [6.45, 7) is 2.82. The topological polar surface area (TPSA) is 43.0 Å². The van der Waals surface area contributed by atoms with Gasteiger partial charge in [0.05, 0.1) is 24.5 Å². The molecule has 108 valence electrons. The van der Waals surface area contributed by atoms with Crippen LogP contribution in [0.5, 0.6) is 0 Å². The van der Waals surface area contributed by atoms with Gasteiger partial charge in [0, 0.05) is 6.20 Å².